The molecule has 9 aromatic rings. The van der Waals surface area contributed by atoms with Crippen LogP contribution in [0.5, 0.6) is 0 Å². The second kappa shape index (κ2) is 12.3. The SMILES string of the molecule is c1ccc(-c2cccc3c2-c2cc(N(c4ccc(-c5cccc6ccccc56)cc4)c4ccc5c(c4)oc4ccccc45)ccc2C32C3CC4CC(C3)CC2C4)cc1. The van der Waals surface area contributed by atoms with E-state index < -0.39 is 0 Å². The number of anilines is 3. The smallest absolute Gasteiger partial charge is 0.137 e. The summed E-state index contributed by atoms with van der Waals surface area (Å²) in [6.07, 6.45) is 6.94. The molecule has 2 heteroatoms. The molecule has 0 amide bonds. The molecule has 0 aliphatic heterocycles. The van der Waals surface area contributed by atoms with Crippen LogP contribution in [0.2, 0.25) is 0 Å². The molecule has 8 aromatic carbocycles. The molecule has 58 heavy (non-hydrogen) atoms. The third-order valence-corrected chi connectivity index (χ3v) is 14.8. The zero-order valence-corrected chi connectivity index (χ0v) is 32.4. The largest absolute Gasteiger partial charge is 0.456 e. The molecule has 4 bridgehead atoms. The maximum Gasteiger partial charge on any atom is 0.137 e. The average molecular weight is 746 g/mol. The molecule has 5 aliphatic rings. The number of nitrogens with zero attached hydrogens (tertiary/aromatic N) is 1. The number of rotatable bonds is 5. The van der Waals surface area contributed by atoms with E-state index >= 15 is 0 Å². The third-order valence-electron chi connectivity index (χ3n) is 14.8. The van der Waals surface area contributed by atoms with Crippen molar-refractivity contribution in [3.05, 3.63) is 187 Å². The zero-order chi connectivity index (χ0) is 38.0. The summed E-state index contributed by atoms with van der Waals surface area (Å²) in [7, 11) is 0. The normalized spacial score (nSPS) is 22.6. The van der Waals surface area contributed by atoms with Gasteiger partial charge >= 0.3 is 0 Å². The molecule has 1 spiro atoms. The zero-order valence-electron chi connectivity index (χ0n) is 32.4. The summed E-state index contributed by atoms with van der Waals surface area (Å²) < 4.78 is 6.52. The molecule has 0 atom stereocenters. The van der Waals surface area contributed by atoms with Gasteiger partial charge in [0.25, 0.3) is 0 Å². The predicted molar refractivity (Wildman–Crippen MR) is 240 cm³/mol. The number of para-hydroxylation sites is 1. The Morgan fingerprint density at radius 3 is 1.86 bits per heavy atom. The fraction of sp³-hybridized carbons (Fsp3) is 0.179. The van der Waals surface area contributed by atoms with Crippen LogP contribution >= 0.6 is 0 Å². The quantitative estimate of drug-likeness (QED) is 0.174. The number of hydrogen-bond acceptors (Lipinski definition) is 2. The molecule has 1 heterocycles. The molecule has 2 nitrogen and oxygen atoms in total. The van der Waals surface area contributed by atoms with Crippen LogP contribution in [0.15, 0.2) is 180 Å². The maximum atomic E-state index is 6.52. The molecule has 0 N–H and O–H groups in total. The van der Waals surface area contributed by atoms with Gasteiger partial charge in [-0.1, -0.05) is 127 Å². The first kappa shape index (κ1) is 32.7. The summed E-state index contributed by atoms with van der Waals surface area (Å²) in [4.78, 5) is 2.45. The van der Waals surface area contributed by atoms with E-state index in [2.05, 4.69) is 181 Å². The van der Waals surface area contributed by atoms with Crippen LogP contribution in [0, 0.1) is 23.7 Å². The minimum atomic E-state index is 0.0829. The maximum absolute atomic E-state index is 6.52. The van der Waals surface area contributed by atoms with Crippen LogP contribution in [0.25, 0.3) is 66.1 Å². The van der Waals surface area contributed by atoms with Crippen molar-refractivity contribution < 1.29 is 4.42 Å². The topological polar surface area (TPSA) is 16.4 Å². The first-order chi connectivity index (χ1) is 28.7. The van der Waals surface area contributed by atoms with Crippen molar-refractivity contribution in [3.63, 3.8) is 0 Å². The molecule has 4 saturated carbocycles. The van der Waals surface area contributed by atoms with Crippen LogP contribution in [-0.4, -0.2) is 0 Å². The van der Waals surface area contributed by atoms with Crippen molar-refractivity contribution >= 4 is 49.8 Å². The van der Waals surface area contributed by atoms with Crippen LogP contribution in [0.1, 0.15) is 43.2 Å². The molecule has 0 saturated heterocycles. The molecular weight excluding hydrogens is 703 g/mol. The number of furan rings is 1. The monoisotopic (exact) mass is 745 g/mol. The number of fused-ring (bicyclic) bond motifs is 7. The van der Waals surface area contributed by atoms with Crippen molar-refractivity contribution in [2.45, 2.75) is 37.5 Å². The van der Waals surface area contributed by atoms with Gasteiger partial charge in [-0.2, -0.15) is 0 Å². The molecule has 278 valence electrons. The number of benzene rings is 8. The fourth-order valence-corrected chi connectivity index (χ4v) is 12.8. The highest BCUT2D eigenvalue weighted by Crippen LogP contribution is 2.70. The van der Waals surface area contributed by atoms with Gasteiger partial charge in [0.2, 0.25) is 0 Å². The molecule has 4 fully saturated rings. The van der Waals surface area contributed by atoms with Gasteiger partial charge in [0.1, 0.15) is 11.2 Å². The molecule has 5 aliphatic carbocycles. The Labute approximate surface area is 339 Å². The highest BCUT2D eigenvalue weighted by atomic mass is 16.3. The lowest BCUT2D eigenvalue weighted by molar-refractivity contribution is -0.0399. The van der Waals surface area contributed by atoms with E-state index in [4.69, 9.17) is 4.42 Å². The van der Waals surface area contributed by atoms with Crippen molar-refractivity contribution in [2.24, 2.45) is 23.7 Å². The molecular formula is C56H43NO. The van der Waals surface area contributed by atoms with Crippen molar-refractivity contribution in [1.82, 2.24) is 0 Å². The number of hydrogen-bond donors (Lipinski definition) is 0. The fourth-order valence-electron chi connectivity index (χ4n) is 12.8. The van der Waals surface area contributed by atoms with Crippen molar-refractivity contribution in [2.75, 3.05) is 4.90 Å². The summed E-state index contributed by atoms with van der Waals surface area (Å²) in [6, 6.07) is 65.5. The summed E-state index contributed by atoms with van der Waals surface area (Å²) >= 11 is 0. The Morgan fingerprint density at radius 2 is 1.03 bits per heavy atom. The van der Waals surface area contributed by atoms with E-state index in [9.17, 15) is 0 Å². The average Bonchev–Trinajstić information content (AvgIpc) is 3.79. The lowest BCUT2D eigenvalue weighted by Crippen LogP contribution is -2.55. The Kier molecular flexibility index (Phi) is 6.94. The minimum absolute atomic E-state index is 0.0829. The first-order valence-corrected chi connectivity index (χ1v) is 21.3. The first-order valence-electron chi connectivity index (χ1n) is 21.3. The highest BCUT2D eigenvalue weighted by Gasteiger charge is 2.61. The van der Waals surface area contributed by atoms with E-state index in [-0.39, 0.29) is 5.41 Å². The molecule has 1 aromatic heterocycles. The lowest BCUT2D eigenvalue weighted by Gasteiger charge is -2.61. The van der Waals surface area contributed by atoms with Crippen molar-refractivity contribution in [1.29, 1.82) is 0 Å². The van der Waals surface area contributed by atoms with Crippen LogP contribution in [0.3, 0.4) is 0 Å². The van der Waals surface area contributed by atoms with Gasteiger partial charge in [-0.15, -0.1) is 0 Å². The molecule has 0 unspecified atom stereocenters. The molecule has 0 radical (unpaired) electrons. The van der Waals surface area contributed by atoms with E-state index in [0.717, 1.165) is 45.1 Å². The highest BCUT2D eigenvalue weighted by molar-refractivity contribution is 6.06. The second-order valence-corrected chi connectivity index (χ2v) is 17.7. The molecule has 14 rings (SSSR count). The lowest BCUT2D eigenvalue weighted by atomic mass is 9.43. The standard InChI is InChI=1S/C56H43NO/c1-2-10-38(11-3-1)47-17-9-18-52-55(47)50-33-43(25-27-51(50)56(52)40-29-35-28-36(31-40)32-41(56)30-35)57(44-24-26-49-48-15-6-7-19-53(48)58-54(49)34-44)42-22-20-39(21-23-42)46-16-8-13-37-12-4-5-14-45(37)46/h1-27,33-36,40-41H,28-32H2. The van der Waals surface area contributed by atoms with Gasteiger partial charge < -0.3 is 9.32 Å². The summed E-state index contributed by atoms with van der Waals surface area (Å²) in [5, 5.41) is 4.83. The van der Waals surface area contributed by atoms with Crippen LogP contribution in [-0.2, 0) is 5.41 Å². The minimum Gasteiger partial charge on any atom is -0.456 e. The van der Waals surface area contributed by atoms with E-state index in [1.54, 1.807) is 11.1 Å². The Bertz CT molecular complexity index is 3050. The van der Waals surface area contributed by atoms with Gasteiger partial charge in [0.15, 0.2) is 0 Å². The Hall–Kier alpha value is -6.38. The second-order valence-electron chi connectivity index (χ2n) is 17.7. The van der Waals surface area contributed by atoms with Gasteiger partial charge in [0.05, 0.1) is 0 Å². The summed E-state index contributed by atoms with van der Waals surface area (Å²) in [5.74, 6) is 3.21. The van der Waals surface area contributed by atoms with Crippen molar-refractivity contribution in [3.8, 4) is 33.4 Å². The van der Waals surface area contributed by atoms with Gasteiger partial charge in [-0.3, -0.25) is 0 Å². The van der Waals surface area contributed by atoms with E-state index in [0.29, 0.717) is 11.8 Å². The Balaban J connectivity index is 1.02. The van der Waals surface area contributed by atoms with Gasteiger partial charge in [-0.05, 0) is 154 Å². The van der Waals surface area contributed by atoms with Crippen LogP contribution < -0.4 is 4.90 Å². The summed E-state index contributed by atoms with van der Waals surface area (Å²) in [6.45, 7) is 0. The Morgan fingerprint density at radius 1 is 0.414 bits per heavy atom. The van der Waals surface area contributed by atoms with E-state index in [1.165, 1.54) is 81.9 Å². The summed E-state index contributed by atoms with van der Waals surface area (Å²) in [5.41, 5.74) is 16.4. The van der Waals surface area contributed by atoms with Crippen LogP contribution in [0.4, 0.5) is 17.1 Å². The van der Waals surface area contributed by atoms with Gasteiger partial charge in [-0.25, -0.2) is 0 Å². The van der Waals surface area contributed by atoms with Gasteiger partial charge in [0, 0.05) is 39.3 Å². The predicted octanol–water partition coefficient (Wildman–Crippen LogP) is 15.3. The third kappa shape index (κ3) is 4.60. The van der Waals surface area contributed by atoms with E-state index in [1.807, 2.05) is 0 Å².